The minimum absolute atomic E-state index is 0.355. The first-order chi connectivity index (χ1) is 6.13. The van der Waals surface area contributed by atoms with Gasteiger partial charge in [0.05, 0.1) is 0 Å². The standard InChI is InChI=1S/C12H20O/c1-9-4-3-5-10-6-7-11(13)8-12(9,10)2/h9-10H,3-8H2,1-2H3/t9-,10-,12+/m1/s1. The Kier molecular flexibility index (Phi) is 2.21. The van der Waals surface area contributed by atoms with Crippen molar-refractivity contribution in [3.63, 3.8) is 0 Å². The quantitative estimate of drug-likeness (QED) is 0.559. The third-order valence-corrected chi connectivity index (χ3v) is 4.60. The molecular formula is C12H20O. The third kappa shape index (κ3) is 1.43. The lowest BCUT2D eigenvalue weighted by Crippen LogP contribution is -2.42. The monoisotopic (exact) mass is 180 g/mol. The lowest BCUT2D eigenvalue weighted by molar-refractivity contribution is -0.129. The molecule has 0 aromatic carbocycles. The second kappa shape index (κ2) is 3.11. The van der Waals surface area contributed by atoms with Gasteiger partial charge in [0.15, 0.2) is 0 Å². The summed E-state index contributed by atoms with van der Waals surface area (Å²) in [7, 11) is 0. The molecule has 0 aromatic rings. The van der Waals surface area contributed by atoms with Crippen LogP contribution in [-0.2, 0) is 4.79 Å². The van der Waals surface area contributed by atoms with Gasteiger partial charge in [0.2, 0.25) is 0 Å². The van der Waals surface area contributed by atoms with Crippen molar-refractivity contribution in [2.45, 2.75) is 52.4 Å². The Hall–Kier alpha value is -0.330. The van der Waals surface area contributed by atoms with E-state index in [4.69, 9.17) is 0 Å². The van der Waals surface area contributed by atoms with Gasteiger partial charge in [0.1, 0.15) is 5.78 Å². The van der Waals surface area contributed by atoms with Gasteiger partial charge >= 0.3 is 0 Å². The predicted molar refractivity (Wildman–Crippen MR) is 53.5 cm³/mol. The van der Waals surface area contributed by atoms with Gasteiger partial charge in [-0.1, -0.05) is 26.7 Å². The van der Waals surface area contributed by atoms with Gasteiger partial charge in [-0.3, -0.25) is 4.79 Å². The van der Waals surface area contributed by atoms with Gasteiger partial charge in [0.25, 0.3) is 0 Å². The Morgan fingerprint density at radius 2 is 2.08 bits per heavy atom. The van der Waals surface area contributed by atoms with Crippen LogP contribution in [0.2, 0.25) is 0 Å². The van der Waals surface area contributed by atoms with E-state index in [1.165, 1.54) is 25.7 Å². The van der Waals surface area contributed by atoms with E-state index < -0.39 is 0 Å². The molecule has 0 saturated heterocycles. The van der Waals surface area contributed by atoms with Crippen LogP contribution in [0.5, 0.6) is 0 Å². The number of rotatable bonds is 0. The van der Waals surface area contributed by atoms with Crippen LogP contribution < -0.4 is 0 Å². The Bertz CT molecular complexity index is 221. The summed E-state index contributed by atoms with van der Waals surface area (Å²) in [5.74, 6) is 2.11. The van der Waals surface area contributed by atoms with E-state index in [0.29, 0.717) is 11.2 Å². The van der Waals surface area contributed by atoms with E-state index in [2.05, 4.69) is 13.8 Å². The van der Waals surface area contributed by atoms with E-state index in [1.54, 1.807) is 0 Å². The maximum atomic E-state index is 11.5. The summed E-state index contributed by atoms with van der Waals surface area (Å²) in [6.07, 6.45) is 6.97. The number of hydrogen-bond acceptors (Lipinski definition) is 1. The van der Waals surface area contributed by atoms with E-state index in [0.717, 1.165) is 24.7 Å². The number of ketones is 1. The van der Waals surface area contributed by atoms with Crippen molar-refractivity contribution in [3.8, 4) is 0 Å². The topological polar surface area (TPSA) is 17.1 Å². The second-order valence-corrected chi connectivity index (χ2v) is 5.29. The predicted octanol–water partition coefficient (Wildman–Crippen LogP) is 3.18. The molecule has 0 unspecified atom stereocenters. The van der Waals surface area contributed by atoms with E-state index in [9.17, 15) is 4.79 Å². The molecule has 74 valence electrons. The van der Waals surface area contributed by atoms with E-state index >= 15 is 0 Å². The SMILES string of the molecule is C[C@@H]1CCC[C@@H]2CCC(=O)C[C@]21C. The average Bonchev–Trinajstić information content (AvgIpc) is 2.07. The molecule has 1 heteroatoms. The molecule has 2 saturated carbocycles. The molecule has 1 nitrogen and oxygen atoms in total. The van der Waals surface area contributed by atoms with Crippen molar-refractivity contribution < 1.29 is 4.79 Å². The summed E-state index contributed by atoms with van der Waals surface area (Å²) in [5, 5.41) is 0. The zero-order valence-corrected chi connectivity index (χ0v) is 8.81. The summed E-state index contributed by atoms with van der Waals surface area (Å²) in [6.45, 7) is 4.68. The van der Waals surface area contributed by atoms with Crippen LogP contribution in [0.1, 0.15) is 52.4 Å². The van der Waals surface area contributed by atoms with Crippen LogP contribution in [0.15, 0.2) is 0 Å². The molecule has 13 heavy (non-hydrogen) atoms. The highest BCUT2D eigenvalue weighted by molar-refractivity contribution is 5.80. The fraction of sp³-hybridized carbons (Fsp3) is 0.917. The summed E-state index contributed by atoms with van der Waals surface area (Å²) in [5.41, 5.74) is 0.355. The molecule has 2 fully saturated rings. The molecule has 0 radical (unpaired) electrons. The maximum Gasteiger partial charge on any atom is 0.133 e. The minimum Gasteiger partial charge on any atom is -0.300 e. The largest absolute Gasteiger partial charge is 0.300 e. The molecule has 2 aliphatic carbocycles. The zero-order valence-electron chi connectivity index (χ0n) is 8.81. The summed E-state index contributed by atoms with van der Waals surface area (Å²) >= 11 is 0. The van der Waals surface area contributed by atoms with Gasteiger partial charge in [-0.2, -0.15) is 0 Å². The lowest BCUT2D eigenvalue weighted by atomic mass is 9.56. The number of carbonyl (C=O) groups is 1. The van der Waals surface area contributed by atoms with Crippen molar-refractivity contribution in [1.82, 2.24) is 0 Å². The van der Waals surface area contributed by atoms with Crippen LogP contribution in [0.4, 0.5) is 0 Å². The van der Waals surface area contributed by atoms with Gasteiger partial charge in [-0.15, -0.1) is 0 Å². The minimum atomic E-state index is 0.355. The molecule has 2 aliphatic rings. The second-order valence-electron chi connectivity index (χ2n) is 5.29. The molecule has 3 atom stereocenters. The van der Waals surface area contributed by atoms with Crippen LogP contribution in [0.3, 0.4) is 0 Å². The third-order valence-electron chi connectivity index (χ3n) is 4.60. The van der Waals surface area contributed by atoms with Crippen molar-refractivity contribution in [2.75, 3.05) is 0 Å². The number of fused-ring (bicyclic) bond motifs is 1. The van der Waals surface area contributed by atoms with Crippen molar-refractivity contribution in [1.29, 1.82) is 0 Å². The summed E-state index contributed by atoms with van der Waals surface area (Å²) in [6, 6.07) is 0. The van der Waals surface area contributed by atoms with E-state index in [-0.39, 0.29) is 0 Å². The fourth-order valence-corrected chi connectivity index (χ4v) is 3.37. The molecule has 2 rings (SSSR count). The first kappa shape index (κ1) is 9.23. The highest BCUT2D eigenvalue weighted by atomic mass is 16.1. The summed E-state index contributed by atoms with van der Waals surface area (Å²) < 4.78 is 0. The molecule has 0 heterocycles. The number of carbonyl (C=O) groups excluding carboxylic acids is 1. The Morgan fingerprint density at radius 3 is 2.85 bits per heavy atom. The highest BCUT2D eigenvalue weighted by Gasteiger charge is 2.45. The normalized spacial score (nSPS) is 45.8. The van der Waals surface area contributed by atoms with Crippen molar-refractivity contribution in [2.24, 2.45) is 17.3 Å². The smallest absolute Gasteiger partial charge is 0.133 e. The molecule has 0 N–H and O–H groups in total. The van der Waals surface area contributed by atoms with Crippen LogP contribution >= 0.6 is 0 Å². The lowest BCUT2D eigenvalue weighted by Gasteiger charge is -2.48. The Morgan fingerprint density at radius 1 is 1.31 bits per heavy atom. The highest BCUT2D eigenvalue weighted by Crippen LogP contribution is 2.52. The van der Waals surface area contributed by atoms with Crippen LogP contribution in [0.25, 0.3) is 0 Å². The Balaban J connectivity index is 2.20. The zero-order chi connectivity index (χ0) is 9.47. The summed E-state index contributed by atoms with van der Waals surface area (Å²) in [4.78, 5) is 11.5. The average molecular weight is 180 g/mol. The van der Waals surface area contributed by atoms with Crippen molar-refractivity contribution >= 4 is 5.78 Å². The first-order valence-electron chi connectivity index (χ1n) is 5.64. The van der Waals surface area contributed by atoms with Crippen molar-refractivity contribution in [3.05, 3.63) is 0 Å². The Labute approximate surface area is 80.9 Å². The van der Waals surface area contributed by atoms with Gasteiger partial charge in [0, 0.05) is 12.8 Å². The molecule has 0 aliphatic heterocycles. The number of hydrogen-bond donors (Lipinski definition) is 0. The first-order valence-corrected chi connectivity index (χ1v) is 5.64. The molecule has 0 spiro atoms. The fourth-order valence-electron chi connectivity index (χ4n) is 3.37. The van der Waals surface area contributed by atoms with Gasteiger partial charge < -0.3 is 0 Å². The van der Waals surface area contributed by atoms with Crippen LogP contribution in [-0.4, -0.2) is 5.78 Å². The molecular weight excluding hydrogens is 160 g/mol. The molecule has 0 bridgehead atoms. The van der Waals surface area contributed by atoms with Crippen LogP contribution in [0, 0.1) is 17.3 Å². The molecule has 0 aromatic heterocycles. The number of Topliss-reactive ketones (excluding diaryl/α,β-unsaturated/α-hetero) is 1. The van der Waals surface area contributed by atoms with Gasteiger partial charge in [-0.25, -0.2) is 0 Å². The molecule has 0 amide bonds. The van der Waals surface area contributed by atoms with Gasteiger partial charge in [-0.05, 0) is 30.1 Å². The maximum absolute atomic E-state index is 11.5. The van der Waals surface area contributed by atoms with E-state index in [1.807, 2.05) is 0 Å².